The highest BCUT2D eigenvalue weighted by Crippen LogP contribution is 2.20. The summed E-state index contributed by atoms with van der Waals surface area (Å²) in [6.07, 6.45) is -1.31. The maximum Gasteiger partial charge on any atom is 0.422 e. The zero-order chi connectivity index (χ0) is 20.9. The highest BCUT2D eigenvalue weighted by molar-refractivity contribution is 5.90. The molecule has 0 bridgehead atoms. The molecule has 1 aromatic heterocycles. The van der Waals surface area contributed by atoms with E-state index in [1.807, 2.05) is 0 Å². The minimum atomic E-state index is -4.44. The number of hydrogen-bond acceptors (Lipinski definition) is 3. The van der Waals surface area contributed by atoms with Gasteiger partial charge in [-0.05, 0) is 35.4 Å². The molecule has 0 atom stereocenters. The molecule has 152 valence electrons. The van der Waals surface area contributed by atoms with Gasteiger partial charge in [-0.15, -0.1) is 0 Å². The summed E-state index contributed by atoms with van der Waals surface area (Å²) in [4.78, 5) is 16.4. The van der Waals surface area contributed by atoms with E-state index in [1.165, 1.54) is 36.5 Å². The Balaban J connectivity index is 1.60. The molecule has 1 amide bonds. The van der Waals surface area contributed by atoms with Crippen molar-refractivity contribution in [2.45, 2.75) is 19.1 Å². The minimum Gasteiger partial charge on any atom is -0.484 e. The van der Waals surface area contributed by atoms with E-state index in [0.29, 0.717) is 18.1 Å². The molecule has 0 saturated heterocycles. The number of anilines is 1. The molecule has 1 N–H and O–H groups in total. The zero-order valence-corrected chi connectivity index (χ0v) is 15.1. The first kappa shape index (κ1) is 20.4. The van der Waals surface area contributed by atoms with Crippen LogP contribution in [0, 0.1) is 5.82 Å². The van der Waals surface area contributed by atoms with Crippen LogP contribution in [0.25, 0.3) is 0 Å². The molecule has 0 fully saturated rings. The molecule has 1 heterocycles. The Bertz CT molecular complexity index is 968. The van der Waals surface area contributed by atoms with E-state index in [0.717, 1.165) is 5.56 Å². The number of halogens is 4. The van der Waals surface area contributed by atoms with E-state index < -0.39 is 12.8 Å². The second-order valence-corrected chi connectivity index (χ2v) is 6.28. The average molecular weight is 407 g/mol. The maximum absolute atomic E-state index is 13.0. The van der Waals surface area contributed by atoms with Crippen LogP contribution in [0.5, 0.6) is 5.75 Å². The van der Waals surface area contributed by atoms with E-state index in [-0.39, 0.29) is 23.9 Å². The van der Waals surface area contributed by atoms with Crippen molar-refractivity contribution in [3.63, 3.8) is 0 Å². The van der Waals surface area contributed by atoms with E-state index >= 15 is 0 Å². The van der Waals surface area contributed by atoms with Crippen LogP contribution < -0.4 is 10.1 Å². The summed E-state index contributed by atoms with van der Waals surface area (Å²) in [7, 11) is 0. The first-order chi connectivity index (χ1) is 13.8. The standard InChI is InChI=1S/C20H17F4N3O2/c21-16-6-4-14(5-7-16)12-27-9-8-25-19(27)26-18(28)11-15-2-1-3-17(10-15)29-13-20(22,23)24/h1-10H,11-13H2,(H,25,26,28). The van der Waals surface area contributed by atoms with Crippen molar-refractivity contribution in [1.82, 2.24) is 9.55 Å². The molecular formula is C20H17F4N3O2. The van der Waals surface area contributed by atoms with Crippen molar-refractivity contribution in [1.29, 1.82) is 0 Å². The van der Waals surface area contributed by atoms with Crippen LogP contribution in [-0.4, -0.2) is 28.2 Å². The fourth-order valence-electron chi connectivity index (χ4n) is 2.61. The number of rotatable bonds is 7. The highest BCUT2D eigenvalue weighted by Gasteiger charge is 2.28. The minimum absolute atomic E-state index is 0.0328. The Kier molecular flexibility index (Phi) is 6.16. The summed E-state index contributed by atoms with van der Waals surface area (Å²) in [5.74, 6) is -0.381. The fraction of sp³-hybridized carbons (Fsp3) is 0.200. The molecule has 3 rings (SSSR count). The van der Waals surface area contributed by atoms with Crippen molar-refractivity contribution in [3.8, 4) is 5.75 Å². The number of nitrogens with zero attached hydrogens (tertiary/aromatic N) is 2. The second-order valence-electron chi connectivity index (χ2n) is 6.28. The molecule has 0 aliphatic heterocycles. The number of benzene rings is 2. The number of amides is 1. The van der Waals surface area contributed by atoms with Gasteiger partial charge in [-0.25, -0.2) is 9.37 Å². The van der Waals surface area contributed by atoms with E-state index in [2.05, 4.69) is 10.3 Å². The molecule has 2 aromatic carbocycles. The lowest BCUT2D eigenvalue weighted by atomic mass is 10.1. The van der Waals surface area contributed by atoms with Crippen LogP contribution >= 0.6 is 0 Å². The number of nitrogens with one attached hydrogen (secondary N) is 1. The Morgan fingerprint density at radius 1 is 1.10 bits per heavy atom. The van der Waals surface area contributed by atoms with Crippen LogP contribution in [0.15, 0.2) is 60.9 Å². The van der Waals surface area contributed by atoms with Crippen LogP contribution in [0.1, 0.15) is 11.1 Å². The van der Waals surface area contributed by atoms with Gasteiger partial charge in [0.2, 0.25) is 11.9 Å². The van der Waals surface area contributed by atoms with Gasteiger partial charge in [0, 0.05) is 12.4 Å². The van der Waals surface area contributed by atoms with Crippen molar-refractivity contribution in [2.24, 2.45) is 0 Å². The van der Waals surface area contributed by atoms with Crippen molar-refractivity contribution >= 4 is 11.9 Å². The summed E-state index contributed by atoms with van der Waals surface area (Å²) in [5, 5.41) is 2.66. The predicted molar refractivity (Wildman–Crippen MR) is 98.1 cm³/mol. The molecule has 5 nitrogen and oxygen atoms in total. The van der Waals surface area contributed by atoms with Gasteiger partial charge >= 0.3 is 6.18 Å². The number of imidazole rings is 1. The molecule has 9 heteroatoms. The van der Waals surface area contributed by atoms with Crippen molar-refractivity contribution in [3.05, 3.63) is 77.9 Å². The molecule has 3 aromatic rings. The summed E-state index contributed by atoms with van der Waals surface area (Å²) in [6, 6.07) is 11.9. The van der Waals surface area contributed by atoms with Gasteiger partial charge in [-0.3, -0.25) is 10.1 Å². The predicted octanol–water partition coefficient (Wildman–Crippen LogP) is 4.19. The molecule has 0 saturated carbocycles. The van der Waals surface area contributed by atoms with Crippen molar-refractivity contribution in [2.75, 3.05) is 11.9 Å². The summed E-state index contributed by atoms with van der Waals surface area (Å²) in [5.41, 5.74) is 1.33. The van der Waals surface area contributed by atoms with Gasteiger partial charge in [0.25, 0.3) is 0 Å². The number of alkyl halides is 3. The molecule has 0 aliphatic carbocycles. The number of hydrogen-bond donors (Lipinski definition) is 1. The van der Waals surface area contributed by atoms with Crippen molar-refractivity contribution < 1.29 is 27.1 Å². The quantitative estimate of drug-likeness (QED) is 0.598. The normalized spacial score (nSPS) is 11.3. The monoisotopic (exact) mass is 407 g/mol. The third kappa shape index (κ3) is 6.34. The lowest BCUT2D eigenvalue weighted by molar-refractivity contribution is -0.153. The smallest absolute Gasteiger partial charge is 0.422 e. The van der Waals surface area contributed by atoms with Gasteiger partial charge in [-0.1, -0.05) is 24.3 Å². The number of aromatic nitrogens is 2. The molecular weight excluding hydrogens is 390 g/mol. The summed E-state index contributed by atoms with van der Waals surface area (Å²) < 4.78 is 56.2. The molecule has 0 spiro atoms. The molecule has 29 heavy (non-hydrogen) atoms. The average Bonchev–Trinajstić information content (AvgIpc) is 3.08. The first-order valence-corrected chi connectivity index (χ1v) is 8.62. The Hall–Kier alpha value is -3.36. The lowest BCUT2D eigenvalue weighted by Crippen LogP contribution is -2.20. The van der Waals surface area contributed by atoms with Gasteiger partial charge in [0.05, 0.1) is 13.0 Å². The van der Waals surface area contributed by atoms with Crippen LogP contribution in [0.4, 0.5) is 23.5 Å². The maximum atomic E-state index is 13.0. The largest absolute Gasteiger partial charge is 0.484 e. The van der Waals surface area contributed by atoms with Gasteiger partial charge in [0.15, 0.2) is 6.61 Å². The van der Waals surface area contributed by atoms with Crippen LogP contribution in [0.2, 0.25) is 0 Å². The Morgan fingerprint density at radius 2 is 1.86 bits per heavy atom. The summed E-state index contributed by atoms with van der Waals surface area (Å²) in [6.45, 7) is -1.01. The van der Waals surface area contributed by atoms with Gasteiger partial charge in [-0.2, -0.15) is 13.2 Å². The second kappa shape index (κ2) is 8.76. The molecule has 0 unspecified atom stereocenters. The Labute approximate surface area is 163 Å². The number of carbonyl (C=O) groups excluding carboxylic acids is 1. The van der Waals surface area contributed by atoms with E-state index in [4.69, 9.17) is 4.74 Å². The van der Waals surface area contributed by atoms with Crippen LogP contribution in [-0.2, 0) is 17.8 Å². The SMILES string of the molecule is O=C(Cc1cccc(OCC(F)(F)F)c1)Nc1nccn1Cc1ccc(F)cc1. The number of carbonyl (C=O) groups is 1. The van der Waals surface area contributed by atoms with E-state index in [1.54, 1.807) is 29.0 Å². The zero-order valence-electron chi connectivity index (χ0n) is 15.1. The van der Waals surface area contributed by atoms with Crippen LogP contribution in [0.3, 0.4) is 0 Å². The summed E-state index contributed by atoms with van der Waals surface area (Å²) >= 11 is 0. The first-order valence-electron chi connectivity index (χ1n) is 8.62. The Morgan fingerprint density at radius 3 is 2.59 bits per heavy atom. The molecule has 0 aliphatic rings. The third-order valence-corrected chi connectivity index (χ3v) is 3.90. The highest BCUT2D eigenvalue weighted by atomic mass is 19.4. The third-order valence-electron chi connectivity index (χ3n) is 3.90. The molecule has 0 radical (unpaired) electrons. The van der Waals surface area contributed by atoms with Gasteiger partial charge < -0.3 is 9.30 Å². The topological polar surface area (TPSA) is 56.1 Å². The van der Waals surface area contributed by atoms with Gasteiger partial charge in [0.1, 0.15) is 11.6 Å². The fourth-order valence-corrected chi connectivity index (χ4v) is 2.61. The number of ether oxygens (including phenoxy) is 1. The van der Waals surface area contributed by atoms with E-state index in [9.17, 15) is 22.4 Å². The lowest BCUT2D eigenvalue weighted by Gasteiger charge is -2.11.